The molecule has 29 heavy (non-hydrogen) atoms. The van der Waals surface area contributed by atoms with Crippen molar-refractivity contribution < 1.29 is 14.3 Å². The highest BCUT2D eigenvalue weighted by atomic mass is 35.5. The van der Waals surface area contributed by atoms with Gasteiger partial charge in [-0.1, -0.05) is 20.8 Å². The smallest absolute Gasteiger partial charge is 0.302 e. The molecule has 0 aromatic heterocycles. The van der Waals surface area contributed by atoms with E-state index in [-0.39, 0.29) is 34.2 Å². The third kappa shape index (κ3) is 3.04. The molecule has 4 aliphatic carbocycles. The Morgan fingerprint density at radius 1 is 1.03 bits per heavy atom. The maximum absolute atomic E-state index is 12.5. The number of hydrogen-bond acceptors (Lipinski definition) is 3. The minimum Gasteiger partial charge on any atom is -0.462 e. The van der Waals surface area contributed by atoms with Crippen LogP contribution >= 0.6 is 23.2 Å². The van der Waals surface area contributed by atoms with Crippen molar-refractivity contribution in [3.63, 3.8) is 0 Å². The summed E-state index contributed by atoms with van der Waals surface area (Å²) < 4.78 is 5.56. The molecule has 0 aromatic carbocycles. The maximum Gasteiger partial charge on any atom is 0.302 e. The molecule has 4 fully saturated rings. The highest BCUT2D eigenvalue weighted by Gasteiger charge is 2.68. The number of fused-ring (bicyclic) bond motifs is 5. The van der Waals surface area contributed by atoms with E-state index in [2.05, 4.69) is 20.8 Å². The Bertz CT molecular complexity index is 710. The Kier molecular flexibility index (Phi) is 5.39. The number of hydrogen-bond donors (Lipinski definition) is 0. The molecule has 4 aliphatic rings. The van der Waals surface area contributed by atoms with Gasteiger partial charge in [0.05, 0.1) is 10.3 Å². The average Bonchev–Trinajstić information content (AvgIpc) is 2.87. The van der Waals surface area contributed by atoms with E-state index in [1.807, 2.05) is 0 Å². The van der Waals surface area contributed by atoms with E-state index >= 15 is 0 Å². The number of alkyl halides is 2. The van der Waals surface area contributed by atoms with E-state index < -0.39 is 4.87 Å². The van der Waals surface area contributed by atoms with Crippen molar-refractivity contribution in [3.05, 3.63) is 0 Å². The van der Waals surface area contributed by atoms with Crippen LogP contribution in [0.5, 0.6) is 0 Å². The van der Waals surface area contributed by atoms with Gasteiger partial charge >= 0.3 is 5.97 Å². The lowest BCUT2D eigenvalue weighted by Crippen LogP contribution is -2.65. The van der Waals surface area contributed by atoms with Gasteiger partial charge in [0.2, 0.25) is 0 Å². The SMILES string of the molecule is CC(=O)O[C@@H]1CC[C@]2(C)[C@H]3CC[C@@]4(C)[C@@H](C[C@@H](C)[C@@H]4C(C)=O)[C@@H]3C[C@H](Cl)[C@@]2(Cl)C1. The normalized spacial score (nSPS) is 54.1. The van der Waals surface area contributed by atoms with Gasteiger partial charge in [-0.25, -0.2) is 0 Å². The molecule has 0 amide bonds. The number of ketones is 1. The van der Waals surface area contributed by atoms with E-state index in [1.54, 1.807) is 6.92 Å². The summed E-state index contributed by atoms with van der Waals surface area (Å²) in [6.07, 6.45) is 6.62. The van der Waals surface area contributed by atoms with Crippen molar-refractivity contribution in [2.45, 2.75) is 95.9 Å². The number of rotatable bonds is 2. The second kappa shape index (κ2) is 7.12. The van der Waals surface area contributed by atoms with Crippen LogP contribution in [0.3, 0.4) is 0 Å². The van der Waals surface area contributed by atoms with Gasteiger partial charge in [0.15, 0.2) is 0 Å². The summed E-state index contributed by atoms with van der Waals surface area (Å²) in [6.45, 7) is 10.2. The van der Waals surface area contributed by atoms with Gasteiger partial charge in [0, 0.05) is 19.3 Å². The molecule has 3 nitrogen and oxygen atoms in total. The monoisotopic (exact) mass is 442 g/mol. The molecule has 4 rings (SSSR count). The molecular weight excluding hydrogens is 407 g/mol. The maximum atomic E-state index is 12.5. The summed E-state index contributed by atoms with van der Waals surface area (Å²) in [4.78, 5) is 23.5. The predicted molar refractivity (Wildman–Crippen MR) is 116 cm³/mol. The standard InChI is InChI=1S/C24H36Cl2O3/c1-13-10-19-17-11-20(25)24(26)12-16(29-15(3)28)6-9-23(24,5)18(17)7-8-22(19,4)21(13)14(2)27/h13,16-21H,6-12H2,1-5H3/t13-,16-,17-,18+,19+,20+,21-,22+,23-,24+/m1/s1. The summed E-state index contributed by atoms with van der Waals surface area (Å²) in [5, 5.41) is -0.136. The zero-order valence-corrected chi connectivity index (χ0v) is 20.0. The minimum atomic E-state index is -0.536. The summed E-state index contributed by atoms with van der Waals surface area (Å²) in [7, 11) is 0. The van der Waals surface area contributed by atoms with Gasteiger partial charge in [-0.2, -0.15) is 0 Å². The first-order valence-electron chi connectivity index (χ1n) is 11.4. The quantitative estimate of drug-likeness (QED) is 0.389. The molecule has 5 heteroatoms. The van der Waals surface area contributed by atoms with Gasteiger partial charge in [-0.3, -0.25) is 9.59 Å². The van der Waals surface area contributed by atoms with E-state index in [0.717, 1.165) is 38.5 Å². The van der Waals surface area contributed by atoms with Crippen LogP contribution in [-0.2, 0) is 14.3 Å². The molecule has 4 saturated carbocycles. The fourth-order valence-electron chi connectivity index (χ4n) is 8.71. The van der Waals surface area contributed by atoms with Gasteiger partial charge in [-0.05, 0) is 80.0 Å². The van der Waals surface area contributed by atoms with Crippen LogP contribution in [0.4, 0.5) is 0 Å². The third-order valence-corrected chi connectivity index (χ3v) is 11.3. The molecule has 0 bridgehead atoms. The largest absolute Gasteiger partial charge is 0.462 e. The second-order valence-electron chi connectivity index (χ2n) is 11.2. The molecular formula is C24H36Cl2O3. The molecule has 0 heterocycles. The van der Waals surface area contributed by atoms with E-state index in [4.69, 9.17) is 27.9 Å². The van der Waals surface area contributed by atoms with Crippen LogP contribution in [0.25, 0.3) is 0 Å². The Balaban J connectivity index is 1.65. The predicted octanol–water partition coefficient (Wildman–Crippen LogP) is 5.99. The van der Waals surface area contributed by atoms with E-state index in [9.17, 15) is 9.59 Å². The third-order valence-electron chi connectivity index (χ3n) is 9.80. The molecule has 0 radical (unpaired) electrons. The van der Waals surface area contributed by atoms with Gasteiger partial charge in [0.1, 0.15) is 11.9 Å². The topological polar surface area (TPSA) is 43.4 Å². The lowest BCUT2D eigenvalue weighted by Gasteiger charge is -2.65. The zero-order valence-electron chi connectivity index (χ0n) is 18.5. The van der Waals surface area contributed by atoms with Gasteiger partial charge in [0.25, 0.3) is 0 Å². The summed E-state index contributed by atoms with van der Waals surface area (Å²) >= 11 is 14.4. The summed E-state index contributed by atoms with van der Waals surface area (Å²) in [6, 6.07) is 0. The van der Waals surface area contributed by atoms with Crippen molar-refractivity contribution in [3.8, 4) is 0 Å². The fraction of sp³-hybridized carbons (Fsp3) is 0.917. The number of carbonyl (C=O) groups is 2. The van der Waals surface area contributed by atoms with Crippen LogP contribution in [0.1, 0.15) is 79.6 Å². The van der Waals surface area contributed by atoms with E-state index in [0.29, 0.717) is 35.9 Å². The number of Topliss-reactive ketones (excluding diaryl/α,β-unsaturated/α-hetero) is 1. The van der Waals surface area contributed by atoms with Gasteiger partial charge < -0.3 is 4.74 Å². The number of carbonyl (C=O) groups excluding carboxylic acids is 2. The van der Waals surface area contributed by atoms with Crippen LogP contribution in [0.2, 0.25) is 0 Å². The Labute approximate surface area is 185 Å². The van der Waals surface area contributed by atoms with Crippen molar-refractivity contribution in [2.75, 3.05) is 0 Å². The number of esters is 1. The van der Waals surface area contributed by atoms with Crippen LogP contribution in [-0.4, -0.2) is 28.1 Å². The lowest BCUT2D eigenvalue weighted by atomic mass is 9.44. The molecule has 0 N–H and O–H groups in total. The van der Waals surface area contributed by atoms with E-state index in [1.165, 1.54) is 6.92 Å². The number of halogens is 2. The highest BCUT2D eigenvalue weighted by Crippen LogP contribution is 2.71. The summed E-state index contributed by atoms with van der Waals surface area (Å²) in [5.74, 6) is 2.37. The molecule has 0 aliphatic heterocycles. The summed E-state index contributed by atoms with van der Waals surface area (Å²) in [5.41, 5.74) is 0.0417. The first kappa shape index (κ1) is 21.9. The zero-order chi connectivity index (χ0) is 21.4. The van der Waals surface area contributed by atoms with Crippen molar-refractivity contribution in [1.29, 1.82) is 0 Å². The lowest BCUT2D eigenvalue weighted by molar-refractivity contribution is -0.157. The average molecular weight is 443 g/mol. The molecule has 10 atom stereocenters. The van der Waals surface area contributed by atoms with Crippen LogP contribution in [0.15, 0.2) is 0 Å². The number of ether oxygens (including phenoxy) is 1. The van der Waals surface area contributed by atoms with Crippen molar-refractivity contribution in [2.24, 2.45) is 40.4 Å². The molecule has 0 unspecified atom stereocenters. The Morgan fingerprint density at radius 2 is 1.72 bits per heavy atom. The molecule has 0 aromatic rings. The Hall–Kier alpha value is -0.280. The fourth-order valence-corrected chi connectivity index (χ4v) is 9.75. The molecule has 164 valence electrons. The van der Waals surface area contributed by atoms with Crippen molar-refractivity contribution in [1.82, 2.24) is 0 Å². The van der Waals surface area contributed by atoms with Crippen molar-refractivity contribution >= 4 is 35.0 Å². The molecule has 0 saturated heterocycles. The minimum absolute atomic E-state index is 0.0561. The highest BCUT2D eigenvalue weighted by molar-refractivity contribution is 6.33. The van der Waals surface area contributed by atoms with Crippen LogP contribution < -0.4 is 0 Å². The second-order valence-corrected chi connectivity index (χ2v) is 12.4. The first-order valence-corrected chi connectivity index (χ1v) is 12.3. The van der Waals surface area contributed by atoms with Crippen LogP contribution in [0, 0.1) is 40.4 Å². The molecule has 0 spiro atoms. The Morgan fingerprint density at radius 3 is 2.34 bits per heavy atom. The van der Waals surface area contributed by atoms with Gasteiger partial charge in [-0.15, -0.1) is 23.2 Å². The first-order chi connectivity index (χ1) is 13.4.